The van der Waals surface area contributed by atoms with Crippen LogP contribution in [0.5, 0.6) is 0 Å². The van der Waals surface area contributed by atoms with E-state index in [1.165, 1.54) is 11.3 Å². The first-order chi connectivity index (χ1) is 8.72. The van der Waals surface area contributed by atoms with Gasteiger partial charge in [-0.1, -0.05) is 25.7 Å². The van der Waals surface area contributed by atoms with E-state index in [4.69, 9.17) is 5.73 Å². The molecule has 0 bridgehead atoms. The first-order valence-electron chi connectivity index (χ1n) is 6.29. The molecule has 1 aromatic heterocycles. The van der Waals surface area contributed by atoms with Crippen LogP contribution in [0.1, 0.15) is 41.9 Å². The zero-order valence-electron chi connectivity index (χ0n) is 11.0. The number of carbonyl (C=O) groups is 1. The highest BCUT2D eigenvalue weighted by Gasteiger charge is 2.15. The summed E-state index contributed by atoms with van der Waals surface area (Å²) in [5, 5.41) is 1.88. The van der Waals surface area contributed by atoms with Crippen LogP contribution in [0.25, 0.3) is 0 Å². The number of amides is 1. The minimum Gasteiger partial charge on any atom is -0.339 e. The van der Waals surface area contributed by atoms with Crippen LogP contribution < -0.4 is 5.73 Å². The molecular weight excluding hydrogens is 244 g/mol. The Morgan fingerprint density at radius 2 is 2.06 bits per heavy atom. The van der Waals surface area contributed by atoms with Crippen molar-refractivity contribution in [1.29, 1.82) is 0 Å². The number of hydrogen-bond donors (Lipinski definition) is 1. The quantitative estimate of drug-likeness (QED) is 0.830. The molecule has 0 saturated heterocycles. The van der Waals surface area contributed by atoms with E-state index in [1.807, 2.05) is 16.3 Å². The molecule has 0 atom stereocenters. The first kappa shape index (κ1) is 14.7. The monoisotopic (exact) mass is 264 g/mol. The van der Waals surface area contributed by atoms with Gasteiger partial charge in [0.1, 0.15) is 0 Å². The molecule has 0 aliphatic carbocycles. The van der Waals surface area contributed by atoms with E-state index in [2.05, 4.69) is 25.7 Å². The second-order valence-electron chi connectivity index (χ2n) is 4.00. The Bertz CT molecular complexity index is 436. The lowest BCUT2D eigenvalue weighted by atomic mass is 10.2. The Labute approximate surface area is 113 Å². The van der Waals surface area contributed by atoms with E-state index < -0.39 is 0 Å². The molecular formula is C14H20N2OS. The number of thiophene rings is 1. The molecule has 0 aliphatic heterocycles. The SMILES string of the molecule is CCCN(CCC)C(=O)c1csc(C#CCN)c1. The van der Waals surface area contributed by atoms with Gasteiger partial charge in [0.2, 0.25) is 0 Å². The molecule has 0 spiro atoms. The van der Waals surface area contributed by atoms with Crippen LogP contribution in [0.4, 0.5) is 0 Å². The maximum atomic E-state index is 12.3. The lowest BCUT2D eigenvalue weighted by molar-refractivity contribution is 0.0756. The van der Waals surface area contributed by atoms with E-state index >= 15 is 0 Å². The van der Waals surface area contributed by atoms with Crippen LogP contribution in [0, 0.1) is 11.8 Å². The minimum atomic E-state index is 0.107. The maximum Gasteiger partial charge on any atom is 0.254 e. The topological polar surface area (TPSA) is 46.3 Å². The lowest BCUT2D eigenvalue weighted by Gasteiger charge is -2.20. The van der Waals surface area contributed by atoms with Gasteiger partial charge < -0.3 is 10.6 Å². The van der Waals surface area contributed by atoms with Gasteiger partial charge in [-0.15, -0.1) is 11.3 Å². The third-order valence-electron chi connectivity index (χ3n) is 2.43. The highest BCUT2D eigenvalue weighted by Crippen LogP contribution is 2.16. The number of carbonyl (C=O) groups excluding carboxylic acids is 1. The normalized spacial score (nSPS) is 9.72. The zero-order chi connectivity index (χ0) is 13.4. The van der Waals surface area contributed by atoms with Gasteiger partial charge in [-0.3, -0.25) is 4.79 Å². The van der Waals surface area contributed by atoms with Gasteiger partial charge in [0, 0.05) is 18.5 Å². The predicted molar refractivity (Wildman–Crippen MR) is 76.7 cm³/mol. The summed E-state index contributed by atoms with van der Waals surface area (Å²) >= 11 is 1.49. The van der Waals surface area contributed by atoms with Crippen molar-refractivity contribution in [2.24, 2.45) is 5.73 Å². The summed E-state index contributed by atoms with van der Waals surface area (Å²) in [5.41, 5.74) is 6.07. The number of nitrogens with zero attached hydrogens (tertiary/aromatic N) is 1. The molecule has 0 fully saturated rings. The molecule has 0 aromatic carbocycles. The molecule has 0 radical (unpaired) electrons. The summed E-state index contributed by atoms with van der Waals surface area (Å²) < 4.78 is 0. The molecule has 98 valence electrons. The van der Waals surface area contributed by atoms with Crippen molar-refractivity contribution in [3.8, 4) is 11.8 Å². The first-order valence-corrected chi connectivity index (χ1v) is 7.17. The van der Waals surface area contributed by atoms with Gasteiger partial charge in [0.15, 0.2) is 0 Å². The Hall–Kier alpha value is -1.31. The van der Waals surface area contributed by atoms with Crippen LogP contribution in [-0.4, -0.2) is 30.4 Å². The average Bonchev–Trinajstić information content (AvgIpc) is 2.84. The average molecular weight is 264 g/mol. The van der Waals surface area contributed by atoms with Crippen molar-refractivity contribution in [2.45, 2.75) is 26.7 Å². The summed E-state index contributed by atoms with van der Waals surface area (Å²) in [4.78, 5) is 15.1. The maximum absolute atomic E-state index is 12.3. The third kappa shape index (κ3) is 4.17. The summed E-state index contributed by atoms with van der Waals surface area (Å²) in [6.07, 6.45) is 1.96. The van der Waals surface area contributed by atoms with Crippen LogP contribution in [0.3, 0.4) is 0 Å². The van der Waals surface area contributed by atoms with E-state index in [9.17, 15) is 4.79 Å². The van der Waals surface area contributed by atoms with Gasteiger partial charge >= 0.3 is 0 Å². The molecule has 0 unspecified atom stereocenters. The standard InChI is InChI=1S/C14H20N2OS/c1-3-8-16(9-4-2)14(17)12-10-13(18-11-12)6-5-7-15/h10-11H,3-4,7-9,15H2,1-2H3. The zero-order valence-corrected chi connectivity index (χ0v) is 11.8. The Morgan fingerprint density at radius 3 is 2.61 bits per heavy atom. The van der Waals surface area contributed by atoms with Gasteiger partial charge in [0.05, 0.1) is 17.0 Å². The largest absolute Gasteiger partial charge is 0.339 e. The number of rotatable bonds is 5. The van der Waals surface area contributed by atoms with Gasteiger partial charge in [-0.2, -0.15) is 0 Å². The van der Waals surface area contributed by atoms with E-state index in [-0.39, 0.29) is 5.91 Å². The third-order valence-corrected chi connectivity index (χ3v) is 3.28. The summed E-state index contributed by atoms with van der Waals surface area (Å²) in [6.45, 7) is 6.14. The van der Waals surface area contributed by atoms with Gasteiger partial charge in [-0.05, 0) is 18.9 Å². The van der Waals surface area contributed by atoms with Gasteiger partial charge in [0.25, 0.3) is 5.91 Å². The van der Waals surface area contributed by atoms with Crippen molar-refractivity contribution < 1.29 is 4.79 Å². The molecule has 0 aliphatic rings. The fraction of sp³-hybridized carbons (Fsp3) is 0.500. The van der Waals surface area contributed by atoms with Gasteiger partial charge in [-0.25, -0.2) is 0 Å². The van der Waals surface area contributed by atoms with Crippen molar-refractivity contribution in [1.82, 2.24) is 4.90 Å². The Kier molecular flexibility index (Phi) is 6.48. The Balaban J connectivity index is 2.78. The fourth-order valence-electron chi connectivity index (χ4n) is 1.69. The van der Waals surface area contributed by atoms with E-state index in [0.29, 0.717) is 6.54 Å². The molecule has 1 amide bonds. The second kappa shape index (κ2) is 7.91. The molecule has 2 N–H and O–H groups in total. The summed E-state index contributed by atoms with van der Waals surface area (Å²) in [6, 6.07) is 1.86. The number of hydrogen-bond acceptors (Lipinski definition) is 3. The number of nitrogens with two attached hydrogens (primary N) is 1. The smallest absolute Gasteiger partial charge is 0.254 e. The van der Waals surface area contributed by atoms with Crippen LogP contribution in [0.15, 0.2) is 11.4 Å². The predicted octanol–water partition coefficient (Wildman–Crippen LogP) is 2.32. The molecule has 4 heteroatoms. The van der Waals surface area contributed by atoms with Crippen molar-refractivity contribution in [3.63, 3.8) is 0 Å². The van der Waals surface area contributed by atoms with E-state index in [1.54, 1.807) is 0 Å². The fourth-order valence-corrected chi connectivity index (χ4v) is 2.44. The lowest BCUT2D eigenvalue weighted by Crippen LogP contribution is -2.32. The van der Waals surface area contributed by atoms with Crippen LogP contribution in [0.2, 0.25) is 0 Å². The van der Waals surface area contributed by atoms with Crippen LogP contribution >= 0.6 is 11.3 Å². The van der Waals surface area contributed by atoms with Crippen LogP contribution in [-0.2, 0) is 0 Å². The molecule has 18 heavy (non-hydrogen) atoms. The summed E-state index contributed by atoms with van der Waals surface area (Å²) in [5.74, 6) is 5.86. The van der Waals surface area contributed by atoms with Crippen molar-refractivity contribution >= 4 is 17.2 Å². The molecule has 1 aromatic rings. The minimum absolute atomic E-state index is 0.107. The van der Waals surface area contributed by atoms with E-state index in [0.717, 1.165) is 36.4 Å². The molecule has 0 saturated carbocycles. The molecule has 3 nitrogen and oxygen atoms in total. The van der Waals surface area contributed by atoms with Crippen molar-refractivity contribution in [3.05, 3.63) is 21.9 Å². The Morgan fingerprint density at radius 1 is 1.39 bits per heavy atom. The highest BCUT2D eigenvalue weighted by molar-refractivity contribution is 7.10. The molecule has 1 heterocycles. The molecule has 1 rings (SSSR count). The van der Waals surface area contributed by atoms with Crippen molar-refractivity contribution in [2.75, 3.05) is 19.6 Å². The highest BCUT2D eigenvalue weighted by atomic mass is 32.1. The summed E-state index contributed by atoms with van der Waals surface area (Å²) in [7, 11) is 0. The second-order valence-corrected chi connectivity index (χ2v) is 4.91.